The lowest BCUT2D eigenvalue weighted by atomic mass is 10.1. The minimum atomic E-state index is -0.646. The number of hydrogen-bond acceptors (Lipinski definition) is 6. The fourth-order valence-electron chi connectivity index (χ4n) is 2.94. The molecule has 4 aromatic rings. The molecule has 8 heteroatoms. The van der Waals surface area contributed by atoms with Gasteiger partial charge in [0.15, 0.2) is 5.13 Å². The molecule has 0 fully saturated rings. The number of rotatable bonds is 5. The van der Waals surface area contributed by atoms with Gasteiger partial charge in [0.2, 0.25) is 0 Å². The van der Waals surface area contributed by atoms with Crippen molar-refractivity contribution in [2.24, 2.45) is 0 Å². The number of thiazole rings is 1. The lowest BCUT2D eigenvalue weighted by Crippen LogP contribution is -2.38. The first-order valence-electron chi connectivity index (χ1n) is 8.98. The highest BCUT2D eigenvalue weighted by molar-refractivity contribution is 9.10. The summed E-state index contributed by atoms with van der Waals surface area (Å²) in [4.78, 5) is 34.0. The van der Waals surface area contributed by atoms with Crippen molar-refractivity contribution < 1.29 is 9.21 Å². The van der Waals surface area contributed by atoms with Crippen LogP contribution in [-0.4, -0.2) is 43.0 Å². The van der Waals surface area contributed by atoms with Crippen LogP contribution >= 0.6 is 27.3 Å². The third kappa shape index (κ3) is 4.10. The fourth-order valence-corrected chi connectivity index (χ4v) is 4.48. The number of aromatic nitrogens is 1. The number of carbonyl (C=O) groups is 1. The first-order valence-corrected chi connectivity index (χ1v) is 10.6. The number of benzene rings is 2. The van der Waals surface area contributed by atoms with Crippen molar-refractivity contribution in [1.82, 2.24) is 9.88 Å². The molecule has 2 heterocycles. The number of hydrogen-bond donors (Lipinski definition) is 0. The number of likely N-dealkylation sites (N-methyl/N-ethyl adjacent to an activating group) is 1. The van der Waals surface area contributed by atoms with Crippen LogP contribution in [0, 0.1) is 0 Å². The minimum absolute atomic E-state index is 0.00268. The first kappa shape index (κ1) is 19.8. The van der Waals surface area contributed by atoms with Gasteiger partial charge in [-0.2, -0.15) is 0 Å². The van der Waals surface area contributed by atoms with E-state index in [9.17, 15) is 9.59 Å². The summed E-state index contributed by atoms with van der Waals surface area (Å²) < 4.78 is 7.27. The molecule has 6 nitrogen and oxygen atoms in total. The molecule has 0 saturated heterocycles. The maximum atomic E-state index is 13.4. The zero-order valence-electron chi connectivity index (χ0n) is 15.9. The summed E-state index contributed by atoms with van der Waals surface area (Å²) in [6, 6.07) is 14.5. The second kappa shape index (κ2) is 8.06. The predicted molar refractivity (Wildman–Crippen MR) is 120 cm³/mol. The van der Waals surface area contributed by atoms with Crippen LogP contribution in [-0.2, 0) is 0 Å². The molecule has 0 radical (unpaired) electrons. The van der Waals surface area contributed by atoms with E-state index >= 15 is 0 Å². The molecule has 148 valence electrons. The Bertz CT molecular complexity index is 1260. The van der Waals surface area contributed by atoms with Crippen LogP contribution in [0.25, 0.3) is 21.2 Å². The van der Waals surface area contributed by atoms with Crippen LogP contribution < -0.4 is 10.5 Å². The summed E-state index contributed by atoms with van der Waals surface area (Å²) >= 11 is 4.88. The van der Waals surface area contributed by atoms with E-state index in [1.807, 2.05) is 49.3 Å². The molecule has 0 aliphatic heterocycles. The van der Waals surface area contributed by atoms with Crippen molar-refractivity contribution in [2.45, 2.75) is 0 Å². The summed E-state index contributed by atoms with van der Waals surface area (Å²) in [6.45, 7) is 1.03. The fraction of sp³-hybridized carbons (Fsp3) is 0.190. The molecule has 2 aromatic heterocycles. The van der Waals surface area contributed by atoms with Crippen molar-refractivity contribution >= 4 is 59.5 Å². The summed E-state index contributed by atoms with van der Waals surface area (Å²) in [5.41, 5.74) is 0.621. The smallest absolute Gasteiger partial charge is 0.349 e. The van der Waals surface area contributed by atoms with Crippen LogP contribution in [0.1, 0.15) is 10.4 Å². The van der Waals surface area contributed by atoms with Gasteiger partial charge in [-0.1, -0.05) is 45.5 Å². The standard InChI is InChI=1S/C21H18BrN3O3S/c1-24(2)9-10-25(21-23-16-8-7-14(22)12-18(16)29-21)19(26)15-11-13-5-3-4-6-17(13)28-20(15)27/h3-8,11-12H,9-10H2,1-2H3. The van der Waals surface area contributed by atoms with Gasteiger partial charge in [-0.05, 0) is 44.4 Å². The van der Waals surface area contributed by atoms with Crippen molar-refractivity contribution in [3.8, 4) is 0 Å². The van der Waals surface area contributed by atoms with E-state index in [2.05, 4.69) is 20.9 Å². The van der Waals surface area contributed by atoms with Gasteiger partial charge in [-0.3, -0.25) is 9.69 Å². The molecule has 29 heavy (non-hydrogen) atoms. The highest BCUT2D eigenvalue weighted by Crippen LogP contribution is 2.31. The zero-order chi connectivity index (χ0) is 20.5. The molecular weight excluding hydrogens is 454 g/mol. The number of nitrogens with zero attached hydrogens (tertiary/aromatic N) is 3. The van der Waals surface area contributed by atoms with Crippen molar-refractivity contribution in [2.75, 3.05) is 32.1 Å². The SMILES string of the molecule is CN(C)CCN(C(=O)c1cc2ccccc2oc1=O)c1nc2ccc(Br)cc2s1. The maximum absolute atomic E-state index is 13.4. The zero-order valence-corrected chi connectivity index (χ0v) is 18.3. The summed E-state index contributed by atoms with van der Waals surface area (Å²) in [7, 11) is 3.87. The van der Waals surface area contributed by atoms with Crippen LogP contribution in [0.15, 0.2) is 62.2 Å². The largest absolute Gasteiger partial charge is 0.422 e. The van der Waals surface area contributed by atoms with E-state index in [0.29, 0.717) is 29.2 Å². The Hall–Kier alpha value is -2.55. The Balaban J connectivity index is 1.79. The van der Waals surface area contributed by atoms with Crippen LogP contribution in [0.2, 0.25) is 0 Å². The van der Waals surface area contributed by atoms with Gasteiger partial charge in [0.05, 0.1) is 10.2 Å². The molecule has 1 amide bonds. The Morgan fingerprint density at radius 1 is 1.14 bits per heavy atom. The van der Waals surface area contributed by atoms with Crippen LogP contribution in [0.3, 0.4) is 0 Å². The normalized spacial score (nSPS) is 11.4. The average Bonchev–Trinajstić information content (AvgIpc) is 3.09. The second-order valence-corrected chi connectivity index (χ2v) is 8.78. The van der Waals surface area contributed by atoms with E-state index in [1.54, 1.807) is 23.1 Å². The number of anilines is 1. The molecular formula is C21H18BrN3O3S. The lowest BCUT2D eigenvalue weighted by molar-refractivity contribution is 0.0982. The summed E-state index contributed by atoms with van der Waals surface area (Å²) in [6.07, 6.45) is 0. The summed E-state index contributed by atoms with van der Waals surface area (Å²) in [5, 5.41) is 1.26. The van der Waals surface area contributed by atoms with Gasteiger partial charge < -0.3 is 9.32 Å². The molecule has 0 aliphatic rings. The molecule has 0 atom stereocenters. The van der Waals surface area contributed by atoms with E-state index < -0.39 is 11.5 Å². The lowest BCUT2D eigenvalue weighted by Gasteiger charge is -2.21. The van der Waals surface area contributed by atoms with Crippen molar-refractivity contribution in [3.05, 3.63) is 69.0 Å². The summed E-state index contributed by atoms with van der Waals surface area (Å²) in [5.74, 6) is -0.413. The third-order valence-corrected chi connectivity index (χ3v) is 5.99. The number of amides is 1. The molecule has 0 aliphatic carbocycles. The number of carbonyl (C=O) groups excluding carboxylic acids is 1. The van der Waals surface area contributed by atoms with E-state index in [0.717, 1.165) is 14.7 Å². The Morgan fingerprint density at radius 2 is 1.93 bits per heavy atom. The van der Waals surface area contributed by atoms with Gasteiger partial charge in [-0.25, -0.2) is 9.78 Å². The molecule has 0 bridgehead atoms. The van der Waals surface area contributed by atoms with E-state index in [1.165, 1.54) is 11.3 Å². The minimum Gasteiger partial charge on any atom is -0.422 e. The highest BCUT2D eigenvalue weighted by atomic mass is 79.9. The van der Waals surface area contributed by atoms with E-state index in [4.69, 9.17) is 4.42 Å². The number of fused-ring (bicyclic) bond motifs is 2. The van der Waals surface area contributed by atoms with Gasteiger partial charge in [0.1, 0.15) is 11.1 Å². The number of para-hydroxylation sites is 1. The topological polar surface area (TPSA) is 66.7 Å². The van der Waals surface area contributed by atoms with Gasteiger partial charge in [0, 0.05) is 22.9 Å². The number of halogens is 1. The molecule has 0 unspecified atom stereocenters. The van der Waals surface area contributed by atoms with E-state index in [-0.39, 0.29) is 5.56 Å². The Labute approximate surface area is 179 Å². The van der Waals surface area contributed by atoms with Crippen molar-refractivity contribution in [1.29, 1.82) is 0 Å². The maximum Gasteiger partial charge on any atom is 0.349 e. The van der Waals surface area contributed by atoms with Crippen LogP contribution in [0.5, 0.6) is 0 Å². The van der Waals surface area contributed by atoms with Gasteiger partial charge >= 0.3 is 5.63 Å². The molecule has 2 aromatic carbocycles. The predicted octanol–water partition coefficient (Wildman–Crippen LogP) is 4.37. The van der Waals surface area contributed by atoms with Gasteiger partial charge in [-0.15, -0.1) is 0 Å². The Kier molecular flexibility index (Phi) is 5.49. The molecule has 0 saturated carbocycles. The first-order chi connectivity index (χ1) is 13.9. The quantitative estimate of drug-likeness (QED) is 0.404. The average molecular weight is 472 g/mol. The van der Waals surface area contributed by atoms with Gasteiger partial charge in [0.25, 0.3) is 5.91 Å². The highest BCUT2D eigenvalue weighted by Gasteiger charge is 2.25. The molecule has 4 rings (SSSR count). The van der Waals surface area contributed by atoms with Crippen molar-refractivity contribution in [3.63, 3.8) is 0 Å². The second-order valence-electron chi connectivity index (χ2n) is 6.85. The van der Waals surface area contributed by atoms with Crippen LogP contribution in [0.4, 0.5) is 5.13 Å². The Morgan fingerprint density at radius 3 is 2.72 bits per heavy atom. The molecule has 0 N–H and O–H groups in total. The third-order valence-electron chi connectivity index (χ3n) is 4.46. The molecule has 0 spiro atoms. The monoisotopic (exact) mass is 471 g/mol.